The molecule has 0 radical (unpaired) electrons. The van der Waals surface area contributed by atoms with Crippen molar-refractivity contribution in [3.8, 4) is 5.75 Å². The van der Waals surface area contributed by atoms with Crippen LogP contribution in [0.2, 0.25) is 0 Å². The Morgan fingerprint density at radius 3 is 2.40 bits per heavy atom. The van der Waals surface area contributed by atoms with E-state index in [2.05, 4.69) is 20.8 Å². The highest BCUT2D eigenvalue weighted by molar-refractivity contribution is 7.14. The summed E-state index contributed by atoms with van der Waals surface area (Å²) < 4.78 is 5.10. The van der Waals surface area contributed by atoms with Crippen molar-refractivity contribution < 1.29 is 9.53 Å². The minimum atomic E-state index is -0.000136. The number of hydrogen-bond acceptors (Lipinski definition) is 4. The molecule has 4 heteroatoms. The molecule has 0 unspecified atom stereocenters. The van der Waals surface area contributed by atoms with Gasteiger partial charge in [0.25, 0.3) is 0 Å². The molecule has 2 rings (SSSR count). The van der Waals surface area contributed by atoms with Gasteiger partial charge in [0.2, 0.25) is 5.78 Å². The van der Waals surface area contributed by atoms with Gasteiger partial charge in [-0.1, -0.05) is 20.8 Å². The van der Waals surface area contributed by atoms with E-state index in [-0.39, 0.29) is 11.2 Å². The third-order valence-electron chi connectivity index (χ3n) is 3.06. The van der Waals surface area contributed by atoms with Gasteiger partial charge in [-0.3, -0.25) is 4.79 Å². The van der Waals surface area contributed by atoms with Crippen molar-refractivity contribution in [3.05, 3.63) is 45.6 Å². The maximum absolute atomic E-state index is 12.5. The van der Waals surface area contributed by atoms with Gasteiger partial charge in [0.05, 0.1) is 17.7 Å². The first-order valence-electron chi connectivity index (χ1n) is 6.41. The number of benzene rings is 1. The van der Waals surface area contributed by atoms with Crippen LogP contribution in [0.1, 0.15) is 40.9 Å². The Bertz CT molecular complexity index is 638. The van der Waals surface area contributed by atoms with Crippen LogP contribution in [0.15, 0.2) is 30.3 Å². The van der Waals surface area contributed by atoms with Gasteiger partial charge in [-0.2, -0.15) is 0 Å². The van der Waals surface area contributed by atoms with Gasteiger partial charge in [0.15, 0.2) is 0 Å². The molecule has 0 aliphatic carbocycles. The highest BCUT2D eigenvalue weighted by atomic mass is 32.1. The minimum Gasteiger partial charge on any atom is -0.495 e. The Morgan fingerprint density at radius 2 is 1.90 bits per heavy atom. The summed E-state index contributed by atoms with van der Waals surface area (Å²) in [6.45, 7) is 6.41. The second-order valence-corrected chi connectivity index (χ2v) is 6.78. The standard InChI is InChI=1S/C16H19NO2S/c1-16(2,3)14-8-7-13(20-14)15(18)10-5-6-12(19-4)11(17)9-10/h5-9H,17H2,1-4H3. The number of nitrogen functional groups attached to an aromatic ring is 1. The molecule has 3 nitrogen and oxygen atoms in total. The molecule has 1 heterocycles. The Labute approximate surface area is 123 Å². The third-order valence-corrected chi connectivity index (χ3v) is 4.57. The molecule has 2 aromatic rings. The SMILES string of the molecule is COc1ccc(C(=O)c2ccc(C(C)(C)C)s2)cc1N. The fourth-order valence-corrected chi connectivity index (χ4v) is 2.91. The average molecular weight is 289 g/mol. The van der Waals surface area contributed by atoms with E-state index in [0.717, 1.165) is 4.88 Å². The summed E-state index contributed by atoms with van der Waals surface area (Å²) in [4.78, 5) is 14.4. The Morgan fingerprint density at radius 1 is 1.20 bits per heavy atom. The van der Waals surface area contributed by atoms with Crippen LogP contribution in [0.4, 0.5) is 5.69 Å². The van der Waals surface area contributed by atoms with E-state index in [1.54, 1.807) is 25.3 Å². The average Bonchev–Trinajstić information content (AvgIpc) is 2.87. The van der Waals surface area contributed by atoms with E-state index >= 15 is 0 Å². The smallest absolute Gasteiger partial charge is 0.203 e. The van der Waals surface area contributed by atoms with Crippen molar-refractivity contribution in [2.45, 2.75) is 26.2 Å². The van der Waals surface area contributed by atoms with E-state index in [1.807, 2.05) is 12.1 Å². The number of nitrogens with two attached hydrogens (primary N) is 1. The Hall–Kier alpha value is -1.81. The molecule has 0 spiro atoms. The second kappa shape index (κ2) is 5.29. The van der Waals surface area contributed by atoms with Crippen LogP contribution in [0, 0.1) is 0 Å². The van der Waals surface area contributed by atoms with Crippen molar-refractivity contribution in [1.29, 1.82) is 0 Å². The monoisotopic (exact) mass is 289 g/mol. The topological polar surface area (TPSA) is 52.3 Å². The van der Waals surface area contributed by atoms with Gasteiger partial charge in [0.1, 0.15) is 5.75 Å². The van der Waals surface area contributed by atoms with Gasteiger partial charge in [-0.05, 0) is 35.7 Å². The summed E-state index contributed by atoms with van der Waals surface area (Å²) >= 11 is 1.54. The molecular formula is C16H19NO2S. The number of ketones is 1. The van der Waals surface area contributed by atoms with Crippen LogP contribution in [0.5, 0.6) is 5.75 Å². The van der Waals surface area contributed by atoms with Gasteiger partial charge in [0, 0.05) is 10.4 Å². The molecule has 0 bridgehead atoms. The van der Waals surface area contributed by atoms with Crippen LogP contribution >= 0.6 is 11.3 Å². The second-order valence-electron chi connectivity index (χ2n) is 5.70. The van der Waals surface area contributed by atoms with Crippen molar-refractivity contribution in [2.24, 2.45) is 0 Å². The zero-order valence-electron chi connectivity index (χ0n) is 12.2. The van der Waals surface area contributed by atoms with E-state index in [4.69, 9.17) is 10.5 Å². The van der Waals surface area contributed by atoms with E-state index in [9.17, 15) is 4.79 Å². The molecule has 0 amide bonds. The molecule has 106 valence electrons. The summed E-state index contributed by atoms with van der Waals surface area (Å²) in [6.07, 6.45) is 0. The molecule has 1 aromatic carbocycles. The Balaban J connectivity index is 2.32. The number of carbonyl (C=O) groups is 1. The molecular weight excluding hydrogens is 270 g/mol. The number of anilines is 1. The van der Waals surface area contributed by atoms with Crippen LogP contribution in [0.25, 0.3) is 0 Å². The summed E-state index contributed by atoms with van der Waals surface area (Å²) in [6, 6.07) is 9.03. The van der Waals surface area contributed by atoms with Crippen LogP contribution in [-0.4, -0.2) is 12.9 Å². The van der Waals surface area contributed by atoms with Gasteiger partial charge in [-0.25, -0.2) is 0 Å². The molecule has 1 aromatic heterocycles. The zero-order valence-corrected chi connectivity index (χ0v) is 13.0. The lowest BCUT2D eigenvalue weighted by Crippen LogP contribution is -2.08. The van der Waals surface area contributed by atoms with E-state index < -0.39 is 0 Å². The lowest BCUT2D eigenvalue weighted by molar-refractivity contribution is 0.104. The first-order valence-corrected chi connectivity index (χ1v) is 7.23. The molecule has 2 N–H and O–H groups in total. The molecule has 0 fully saturated rings. The molecule has 20 heavy (non-hydrogen) atoms. The van der Waals surface area contributed by atoms with Crippen LogP contribution < -0.4 is 10.5 Å². The molecule has 0 aliphatic rings. The largest absolute Gasteiger partial charge is 0.495 e. The predicted octanol–water partition coefficient (Wildman–Crippen LogP) is 3.87. The highest BCUT2D eigenvalue weighted by Crippen LogP contribution is 2.31. The minimum absolute atomic E-state index is 0.000136. The fourth-order valence-electron chi connectivity index (χ4n) is 1.88. The third kappa shape index (κ3) is 2.85. The lowest BCUT2D eigenvalue weighted by atomic mass is 9.95. The first kappa shape index (κ1) is 14.6. The molecule has 0 aliphatic heterocycles. The Kier molecular flexibility index (Phi) is 3.86. The number of rotatable bonds is 3. The lowest BCUT2D eigenvalue weighted by Gasteiger charge is -2.15. The van der Waals surface area contributed by atoms with Crippen molar-refractivity contribution in [1.82, 2.24) is 0 Å². The zero-order chi connectivity index (χ0) is 14.9. The van der Waals surface area contributed by atoms with Gasteiger partial charge in [-0.15, -0.1) is 11.3 Å². The number of ether oxygens (including phenoxy) is 1. The van der Waals surface area contributed by atoms with Crippen LogP contribution in [0.3, 0.4) is 0 Å². The van der Waals surface area contributed by atoms with Crippen molar-refractivity contribution in [2.75, 3.05) is 12.8 Å². The van der Waals surface area contributed by atoms with Gasteiger partial charge < -0.3 is 10.5 Å². The number of methoxy groups -OCH3 is 1. The predicted molar refractivity (Wildman–Crippen MR) is 83.9 cm³/mol. The van der Waals surface area contributed by atoms with Crippen molar-refractivity contribution >= 4 is 22.8 Å². The number of carbonyl (C=O) groups excluding carboxylic acids is 1. The molecule has 0 saturated carbocycles. The number of thiophene rings is 1. The van der Waals surface area contributed by atoms with Gasteiger partial charge >= 0.3 is 0 Å². The first-order chi connectivity index (χ1) is 9.32. The quantitative estimate of drug-likeness (QED) is 0.689. The number of hydrogen-bond donors (Lipinski definition) is 1. The molecule has 0 saturated heterocycles. The maximum atomic E-state index is 12.5. The van der Waals surface area contributed by atoms with E-state index in [0.29, 0.717) is 17.0 Å². The highest BCUT2D eigenvalue weighted by Gasteiger charge is 2.19. The maximum Gasteiger partial charge on any atom is 0.203 e. The van der Waals surface area contributed by atoms with Crippen molar-refractivity contribution in [3.63, 3.8) is 0 Å². The summed E-state index contributed by atoms with van der Waals surface area (Å²) in [5, 5.41) is 0. The van der Waals surface area contributed by atoms with Crippen LogP contribution in [-0.2, 0) is 5.41 Å². The summed E-state index contributed by atoms with van der Waals surface area (Å²) in [5.41, 5.74) is 6.97. The summed E-state index contributed by atoms with van der Waals surface area (Å²) in [5.74, 6) is 0.586. The normalized spacial score (nSPS) is 11.4. The van der Waals surface area contributed by atoms with E-state index in [1.165, 1.54) is 16.2 Å². The fraction of sp³-hybridized carbons (Fsp3) is 0.312. The molecule has 0 atom stereocenters. The summed E-state index contributed by atoms with van der Waals surface area (Å²) in [7, 11) is 1.56.